The molecule has 1 aliphatic rings. The Morgan fingerprint density at radius 1 is 1.13 bits per heavy atom. The van der Waals surface area contributed by atoms with Gasteiger partial charge < -0.3 is 19.5 Å². The number of nitrogens with one attached hydrogen (secondary N) is 1. The van der Waals surface area contributed by atoms with Crippen LogP contribution in [0.4, 0.5) is 19.0 Å². The molecule has 0 saturated heterocycles. The predicted molar refractivity (Wildman–Crippen MR) is 104 cm³/mol. The minimum Gasteiger partial charge on any atom is -0.496 e. The zero-order valence-electron chi connectivity index (χ0n) is 15.2. The number of amides is 1. The monoisotopic (exact) mass is 480 g/mol. The molecule has 0 atom stereocenters. The molecular formula is C20H12BrF3N2O4. The van der Waals surface area contributed by atoms with E-state index in [4.69, 9.17) is 4.74 Å². The van der Waals surface area contributed by atoms with Gasteiger partial charge in [-0.1, -0.05) is 15.9 Å². The molecule has 0 aliphatic carbocycles. The van der Waals surface area contributed by atoms with Gasteiger partial charge in [-0.3, -0.25) is 4.79 Å². The zero-order chi connectivity index (χ0) is 21.5. The van der Waals surface area contributed by atoms with Crippen LogP contribution in [0.1, 0.15) is 10.4 Å². The fourth-order valence-corrected chi connectivity index (χ4v) is 3.41. The molecule has 2 heterocycles. The largest absolute Gasteiger partial charge is 0.586 e. The lowest BCUT2D eigenvalue weighted by molar-refractivity contribution is -0.286. The van der Waals surface area contributed by atoms with Crippen molar-refractivity contribution in [1.82, 2.24) is 4.98 Å². The van der Waals surface area contributed by atoms with E-state index in [0.717, 1.165) is 6.07 Å². The van der Waals surface area contributed by atoms with E-state index in [9.17, 15) is 18.0 Å². The van der Waals surface area contributed by atoms with Gasteiger partial charge in [0.05, 0.1) is 12.7 Å². The molecule has 0 fully saturated rings. The molecule has 1 aliphatic heterocycles. The van der Waals surface area contributed by atoms with Gasteiger partial charge in [0.15, 0.2) is 11.5 Å². The van der Waals surface area contributed by atoms with E-state index in [0.29, 0.717) is 15.6 Å². The maximum Gasteiger partial charge on any atom is 0.586 e. The minimum atomic E-state index is -3.72. The summed E-state index contributed by atoms with van der Waals surface area (Å²) < 4.78 is 54.4. The van der Waals surface area contributed by atoms with Gasteiger partial charge in [-0.2, -0.15) is 0 Å². The molecule has 6 nitrogen and oxygen atoms in total. The van der Waals surface area contributed by atoms with Gasteiger partial charge >= 0.3 is 6.29 Å². The quantitative estimate of drug-likeness (QED) is 0.553. The maximum absolute atomic E-state index is 13.5. The summed E-state index contributed by atoms with van der Waals surface area (Å²) in [5, 5.41) is 2.55. The number of alkyl halides is 2. The molecule has 4 rings (SSSR count). The van der Waals surface area contributed by atoms with Crippen molar-refractivity contribution < 1.29 is 32.2 Å². The molecule has 0 bridgehead atoms. The van der Waals surface area contributed by atoms with Gasteiger partial charge in [-0.25, -0.2) is 9.37 Å². The van der Waals surface area contributed by atoms with Crippen LogP contribution in [0.3, 0.4) is 0 Å². The normalized spacial score (nSPS) is 13.8. The highest BCUT2D eigenvalue weighted by atomic mass is 79.9. The smallest absolute Gasteiger partial charge is 0.496 e. The van der Waals surface area contributed by atoms with Crippen molar-refractivity contribution in [3.8, 4) is 28.4 Å². The average Bonchev–Trinajstić information content (AvgIpc) is 3.00. The molecular weight excluding hydrogens is 469 g/mol. The van der Waals surface area contributed by atoms with Crippen LogP contribution >= 0.6 is 15.9 Å². The molecule has 154 valence electrons. The molecule has 1 aromatic heterocycles. The number of methoxy groups -OCH3 is 1. The molecule has 0 spiro atoms. The number of carbonyl (C=O) groups excluding carboxylic acids is 1. The van der Waals surface area contributed by atoms with Crippen LogP contribution in [0.5, 0.6) is 17.2 Å². The fraction of sp³-hybridized carbons (Fsp3) is 0.100. The summed E-state index contributed by atoms with van der Waals surface area (Å²) >= 11 is 3.31. The first kappa shape index (κ1) is 20.0. The van der Waals surface area contributed by atoms with E-state index < -0.39 is 18.0 Å². The van der Waals surface area contributed by atoms with Crippen molar-refractivity contribution in [3.05, 3.63) is 64.5 Å². The number of ether oxygens (including phenoxy) is 3. The Bertz CT molecular complexity index is 1140. The predicted octanol–water partition coefficient (Wildman–Crippen LogP) is 5.23. The van der Waals surface area contributed by atoms with Gasteiger partial charge in [0.1, 0.15) is 17.4 Å². The number of hydrogen-bond acceptors (Lipinski definition) is 5. The van der Waals surface area contributed by atoms with Crippen LogP contribution in [-0.4, -0.2) is 24.3 Å². The summed E-state index contributed by atoms with van der Waals surface area (Å²) in [6.45, 7) is 0. The molecule has 10 heteroatoms. The summed E-state index contributed by atoms with van der Waals surface area (Å²) in [7, 11) is 1.37. The first-order chi connectivity index (χ1) is 14.3. The standard InChI is InChI=1S/C20H12BrF3N2O4/c1-28-15-4-3-11(22)6-13(15)19(27)26-18-5-2-10(9-25-18)12-7-16-17(8-14(12)21)30-20(23,24)29-16/h2-9H,1H3,(H,25,26,27). The SMILES string of the molecule is COc1ccc(F)cc1C(=O)Nc1ccc(-c2cc3c(cc2Br)OC(F)(F)O3)cn1. The number of hydrogen-bond donors (Lipinski definition) is 1. The minimum absolute atomic E-state index is 0.0165. The molecule has 0 saturated carbocycles. The summed E-state index contributed by atoms with van der Waals surface area (Å²) in [6.07, 6.45) is -2.27. The molecule has 30 heavy (non-hydrogen) atoms. The van der Waals surface area contributed by atoms with Gasteiger partial charge in [0.2, 0.25) is 0 Å². The van der Waals surface area contributed by atoms with E-state index in [1.165, 1.54) is 43.6 Å². The number of pyridine rings is 1. The van der Waals surface area contributed by atoms with E-state index in [1.807, 2.05) is 0 Å². The lowest BCUT2D eigenvalue weighted by atomic mass is 10.1. The number of anilines is 1. The first-order valence-corrected chi connectivity index (χ1v) is 9.26. The second-order valence-electron chi connectivity index (χ2n) is 6.18. The third-order valence-corrected chi connectivity index (χ3v) is 4.87. The van der Waals surface area contributed by atoms with E-state index in [2.05, 4.69) is 35.7 Å². The number of benzene rings is 2. The first-order valence-electron chi connectivity index (χ1n) is 8.46. The molecule has 0 radical (unpaired) electrons. The molecule has 3 aromatic rings. The van der Waals surface area contributed by atoms with Crippen LogP contribution in [-0.2, 0) is 0 Å². The average molecular weight is 481 g/mol. The van der Waals surface area contributed by atoms with Crippen molar-refractivity contribution in [3.63, 3.8) is 0 Å². The molecule has 1 amide bonds. The zero-order valence-corrected chi connectivity index (χ0v) is 16.8. The number of aromatic nitrogens is 1. The van der Waals surface area contributed by atoms with Gasteiger partial charge in [0, 0.05) is 21.8 Å². The van der Waals surface area contributed by atoms with Gasteiger partial charge in [-0.05, 0) is 42.5 Å². The second-order valence-corrected chi connectivity index (χ2v) is 7.03. The second kappa shape index (κ2) is 7.52. The Morgan fingerprint density at radius 2 is 1.87 bits per heavy atom. The van der Waals surface area contributed by atoms with Crippen LogP contribution < -0.4 is 19.5 Å². The summed E-state index contributed by atoms with van der Waals surface area (Å²) in [5.41, 5.74) is 1.12. The van der Waals surface area contributed by atoms with Gasteiger partial charge in [-0.15, -0.1) is 8.78 Å². The van der Waals surface area contributed by atoms with Crippen molar-refractivity contribution in [2.24, 2.45) is 0 Å². The van der Waals surface area contributed by atoms with Crippen molar-refractivity contribution in [1.29, 1.82) is 0 Å². The highest BCUT2D eigenvalue weighted by Crippen LogP contribution is 2.46. The highest BCUT2D eigenvalue weighted by molar-refractivity contribution is 9.10. The van der Waals surface area contributed by atoms with Crippen molar-refractivity contribution >= 4 is 27.7 Å². The number of halogens is 4. The summed E-state index contributed by atoms with van der Waals surface area (Å²) in [6, 6.07) is 9.51. The Labute approximate surface area is 176 Å². The van der Waals surface area contributed by atoms with Crippen molar-refractivity contribution in [2.75, 3.05) is 12.4 Å². The van der Waals surface area contributed by atoms with Crippen LogP contribution in [0.2, 0.25) is 0 Å². The fourth-order valence-electron chi connectivity index (χ4n) is 2.86. The number of fused-ring (bicyclic) bond motifs is 1. The Kier molecular flexibility index (Phi) is 5.02. The van der Waals surface area contributed by atoms with E-state index in [1.54, 1.807) is 6.07 Å². The van der Waals surface area contributed by atoms with Crippen LogP contribution in [0.15, 0.2) is 53.1 Å². The Hall–Kier alpha value is -3.27. The van der Waals surface area contributed by atoms with Crippen molar-refractivity contribution in [2.45, 2.75) is 6.29 Å². The molecule has 0 unspecified atom stereocenters. The third-order valence-electron chi connectivity index (χ3n) is 4.21. The van der Waals surface area contributed by atoms with E-state index >= 15 is 0 Å². The Balaban J connectivity index is 1.56. The lowest BCUT2D eigenvalue weighted by Gasteiger charge is -2.10. The highest BCUT2D eigenvalue weighted by Gasteiger charge is 2.43. The maximum atomic E-state index is 13.5. The van der Waals surface area contributed by atoms with E-state index in [-0.39, 0.29) is 28.6 Å². The lowest BCUT2D eigenvalue weighted by Crippen LogP contribution is -2.25. The number of nitrogens with zero attached hydrogens (tertiary/aromatic N) is 1. The third kappa shape index (κ3) is 3.90. The molecule has 1 N–H and O–H groups in total. The Morgan fingerprint density at radius 3 is 2.53 bits per heavy atom. The number of rotatable bonds is 4. The topological polar surface area (TPSA) is 69.7 Å². The molecule has 2 aromatic carbocycles. The summed E-state index contributed by atoms with van der Waals surface area (Å²) in [4.78, 5) is 16.6. The number of carbonyl (C=O) groups is 1. The summed E-state index contributed by atoms with van der Waals surface area (Å²) in [5.74, 6) is -0.948. The van der Waals surface area contributed by atoms with Crippen LogP contribution in [0.25, 0.3) is 11.1 Å². The van der Waals surface area contributed by atoms with Crippen LogP contribution in [0, 0.1) is 5.82 Å². The van der Waals surface area contributed by atoms with Gasteiger partial charge in [0.25, 0.3) is 5.91 Å².